The zero-order valence-electron chi connectivity index (χ0n) is 13.8. The minimum absolute atomic E-state index is 0.0500. The molecule has 1 unspecified atom stereocenters. The highest BCUT2D eigenvalue weighted by atomic mass is 35.5. The second kappa shape index (κ2) is 7.86. The van der Waals surface area contributed by atoms with E-state index in [1.807, 2.05) is 6.07 Å². The molecule has 3 rings (SSSR count). The molecule has 0 bridgehead atoms. The number of para-hydroxylation sites is 1. The normalized spacial score (nSPS) is 18.5. The number of sulfone groups is 1. The monoisotopic (exact) mass is 413 g/mol. The number of anilines is 1. The molecule has 0 N–H and O–H groups in total. The van der Waals surface area contributed by atoms with Crippen molar-refractivity contribution in [1.82, 2.24) is 0 Å². The van der Waals surface area contributed by atoms with Crippen LogP contribution in [-0.2, 0) is 14.6 Å². The number of hydrogen-bond acceptors (Lipinski definition) is 4. The quantitative estimate of drug-likeness (QED) is 0.750. The number of amides is 1. The highest BCUT2D eigenvalue weighted by molar-refractivity contribution is 7.91. The summed E-state index contributed by atoms with van der Waals surface area (Å²) >= 11 is 12.0. The van der Waals surface area contributed by atoms with Crippen LogP contribution in [0.15, 0.2) is 48.5 Å². The number of hydrogen-bond donors (Lipinski definition) is 0. The fraction of sp³-hybridized carbons (Fsp3) is 0.278. The topological polar surface area (TPSA) is 63.7 Å². The summed E-state index contributed by atoms with van der Waals surface area (Å²) in [5.74, 6) is -0.00483. The van der Waals surface area contributed by atoms with Crippen molar-refractivity contribution in [3.8, 4) is 5.75 Å². The van der Waals surface area contributed by atoms with Crippen molar-refractivity contribution in [1.29, 1.82) is 0 Å². The Hall–Kier alpha value is -1.76. The molecule has 1 saturated heterocycles. The molecular weight excluding hydrogens is 397 g/mol. The van der Waals surface area contributed by atoms with Gasteiger partial charge < -0.3 is 9.64 Å². The lowest BCUT2D eigenvalue weighted by atomic mass is 10.2. The molecule has 1 fully saturated rings. The number of carbonyl (C=O) groups is 1. The molecule has 8 heteroatoms. The number of carbonyl (C=O) groups excluding carboxylic acids is 1. The number of ether oxygens (including phenoxy) is 1. The summed E-state index contributed by atoms with van der Waals surface area (Å²) in [6, 6.07) is 13.5. The second-order valence-electron chi connectivity index (χ2n) is 6.00. The van der Waals surface area contributed by atoms with Crippen LogP contribution in [0.1, 0.15) is 6.42 Å². The van der Waals surface area contributed by atoms with E-state index in [1.165, 1.54) is 4.90 Å². The first-order chi connectivity index (χ1) is 12.4. The number of benzene rings is 2. The van der Waals surface area contributed by atoms with E-state index in [-0.39, 0.29) is 29.0 Å². The molecule has 138 valence electrons. The average molecular weight is 414 g/mol. The molecule has 1 aliphatic rings. The van der Waals surface area contributed by atoms with Gasteiger partial charge in [0.2, 0.25) is 0 Å². The molecule has 2 aromatic carbocycles. The molecule has 1 heterocycles. The summed E-state index contributed by atoms with van der Waals surface area (Å²) in [6.07, 6.45) is 0.404. The molecule has 1 atom stereocenters. The number of rotatable bonds is 5. The van der Waals surface area contributed by atoms with Crippen molar-refractivity contribution in [2.75, 3.05) is 23.0 Å². The Kier molecular flexibility index (Phi) is 5.75. The smallest absolute Gasteiger partial charge is 0.265 e. The van der Waals surface area contributed by atoms with Gasteiger partial charge in [-0.3, -0.25) is 4.79 Å². The van der Waals surface area contributed by atoms with Crippen LogP contribution in [0.5, 0.6) is 5.75 Å². The molecule has 0 saturated carbocycles. The van der Waals surface area contributed by atoms with Gasteiger partial charge in [0, 0.05) is 5.69 Å². The van der Waals surface area contributed by atoms with E-state index in [4.69, 9.17) is 27.9 Å². The Bertz CT molecular complexity index is 903. The predicted molar refractivity (Wildman–Crippen MR) is 103 cm³/mol. The Balaban J connectivity index is 1.80. The number of nitrogens with zero attached hydrogens (tertiary/aromatic N) is 1. The van der Waals surface area contributed by atoms with Crippen LogP contribution in [0.4, 0.5) is 5.69 Å². The van der Waals surface area contributed by atoms with Crippen LogP contribution < -0.4 is 9.64 Å². The summed E-state index contributed by atoms with van der Waals surface area (Å²) in [6.45, 7) is -0.272. The van der Waals surface area contributed by atoms with Crippen molar-refractivity contribution in [3.63, 3.8) is 0 Å². The van der Waals surface area contributed by atoms with Crippen molar-refractivity contribution >= 4 is 44.6 Å². The van der Waals surface area contributed by atoms with Crippen molar-refractivity contribution in [2.24, 2.45) is 0 Å². The van der Waals surface area contributed by atoms with E-state index < -0.39 is 15.9 Å². The van der Waals surface area contributed by atoms with Gasteiger partial charge >= 0.3 is 0 Å². The molecule has 1 aliphatic heterocycles. The molecule has 1 amide bonds. The number of halogens is 2. The zero-order valence-corrected chi connectivity index (χ0v) is 16.1. The van der Waals surface area contributed by atoms with Crippen LogP contribution in [0.3, 0.4) is 0 Å². The fourth-order valence-corrected chi connectivity index (χ4v) is 4.98. The minimum atomic E-state index is -3.13. The van der Waals surface area contributed by atoms with E-state index in [2.05, 4.69) is 0 Å². The average Bonchev–Trinajstić information content (AvgIpc) is 2.97. The maximum absolute atomic E-state index is 12.8. The molecule has 2 aromatic rings. The van der Waals surface area contributed by atoms with Gasteiger partial charge in [-0.05, 0) is 30.7 Å². The first-order valence-corrected chi connectivity index (χ1v) is 10.6. The summed E-state index contributed by atoms with van der Waals surface area (Å²) in [4.78, 5) is 14.3. The highest BCUT2D eigenvalue weighted by Crippen LogP contribution is 2.32. The van der Waals surface area contributed by atoms with Crippen LogP contribution in [0.2, 0.25) is 10.0 Å². The summed E-state index contributed by atoms with van der Waals surface area (Å²) in [5.41, 5.74) is 0.639. The molecular formula is C18H17Cl2NO4S. The van der Waals surface area contributed by atoms with Gasteiger partial charge in [-0.2, -0.15) is 0 Å². The minimum Gasteiger partial charge on any atom is -0.482 e. The standard InChI is InChI=1S/C18H17Cl2NO4S/c19-15-7-4-8-16(18(15)20)25-11-17(22)21(13-5-2-1-3-6-13)14-9-10-26(23,24)12-14/h1-8,14H,9-12H2. The van der Waals surface area contributed by atoms with Crippen molar-refractivity contribution in [2.45, 2.75) is 12.5 Å². The van der Waals surface area contributed by atoms with E-state index in [1.54, 1.807) is 42.5 Å². The van der Waals surface area contributed by atoms with Crippen LogP contribution in [-0.4, -0.2) is 38.5 Å². The fourth-order valence-electron chi connectivity index (χ4n) is 2.93. The molecule has 26 heavy (non-hydrogen) atoms. The summed E-state index contributed by atoms with van der Waals surface area (Å²) in [5, 5.41) is 0.565. The SMILES string of the molecule is O=C(COc1cccc(Cl)c1Cl)N(c1ccccc1)C1CCS(=O)(=O)C1. The van der Waals surface area contributed by atoms with E-state index in [0.29, 0.717) is 22.9 Å². The van der Waals surface area contributed by atoms with E-state index in [0.717, 1.165) is 0 Å². The van der Waals surface area contributed by atoms with Crippen LogP contribution in [0.25, 0.3) is 0 Å². The second-order valence-corrected chi connectivity index (χ2v) is 9.01. The Labute approximate surface area is 162 Å². The summed E-state index contributed by atoms with van der Waals surface area (Å²) < 4.78 is 29.3. The molecule has 0 aliphatic carbocycles. The van der Waals surface area contributed by atoms with Gasteiger partial charge in [0.25, 0.3) is 5.91 Å². The van der Waals surface area contributed by atoms with Gasteiger partial charge in [-0.25, -0.2) is 8.42 Å². The zero-order chi connectivity index (χ0) is 18.7. The lowest BCUT2D eigenvalue weighted by Crippen LogP contribution is -2.43. The van der Waals surface area contributed by atoms with Crippen LogP contribution in [0, 0.1) is 0 Å². The first-order valence-electron chi connectivity index (χ1n) is 8.02. The van der Waals surface area contributed by atoms with Gasteiger partial charge in [0.15, 0.2) is 16.4 Å². The largest absolute Gasteiger partial charge is 0.482 e. The molecule has 0 aromatic heterocycles. The van der Waals surface area contributed by atoms with Gasteiger partial charge in [-0.15, -0.1) is 0 Å². The summed E-state index contributed by atoms with van der Waals surface area (Å²) in [7, 11) is -3.13. The molecule has 5 nitrogen and oxygen atoms in total. The van der Waals surface area contributed by atoms with Crippen molar-refractivity contribution < 1.29 is 17.9 Å². The predicted octanol–water partition coefficient (Wildman–Crippen LogP) is 3.59. The van der Waals surface area contributed by atoms with E-state index in [9.17, 15) is 13.2 Å². The van der Waals surface area contributed by atoms with E-state index >= 15 is 0 Å². The highest BCUT2D eigenvalue weighted by Gasteiger charge is 2.35. The molecule has 0 radical (unpaired) electrons. The third-order valence-corrected chi connectivity index (χ3v) is 6.70. The van der Waals surface area contributed by atoms with Gasteiger partial charge in [-0.1, -0.05) is 47.5 Å². The molecule has 0 spiro atoms. The lowest BCUT2D eigenvalue weighted by molar-refractivity contribution is -0.121. The third-order valence-electron chi connectivity index (χ3n) is 4.14. The Morgan fingerprint density at radius 2 is 1.85 bits per heavy atom. The maximum atomic E-state index is 12.8. The Morgan fingerprint density at radius 3 is 2.50 bits per heavy atom. The third kappa shape index (κ3) is 4.31. The lowest BCUT2D eigenvalue weighted by Gasteiger charge is -2.28. The van der Waals surface area contributed by atoms with Crippen molar-refractivity contribution in [3.05, 3.63) is 58.6 Å². The maximum Gasteiger partial charge on any atom is 0.265 e. The first kappa shape index (κ1) is 19.0. The van der Waals surface area contributed by atoms with Crippen LogP contribution >= 0.6 is 23.2 Å². The Morgan fingerprint density at radius 1 is 1.12 bits per heavy atom. The van der Waals surface area contributed by atoms with Gasteiger partial charge in [0.05, 0.1) is 22.6 Å². The van der Waals surface area contributed by atoms with Gasteiger partial charge in [0.1, 0.15) is 10.8 Å².